The van der Waals surface area contributed by atoms with Crippen molar-refractivity contribution in [1.82, 2.24) is 4.57 Å². The molecule has 1 heterocycles. The lowest BCUT2D eigenvalue weighted by atomic mass is 10.2. The van der Waals surface area contributed by atoms with Crippen LogP contribution in [0.25, 0.3) is 10.2 Å². The molecule has 0 bridgehead atoms. The Morgan fingerprint density at radius 3 is 2.62 bits per heavy atom. The van der Waals surface area contributed by atoms with Crippen LogP contribution in [0.3, 0.4) is 0 Å². The average molecular weight is 429 g/mol. The number of thiazole rings is 1. The number of thioether (sulfide) groups is 1. The summed E-state index contributed by atoms with van der Waals surface area (Å²) in [6.07, 6.45) is 1.78. The van der Waals surface area contributed by atoms with E-state index >= 15 is 0 Å². The van der Waals surface area contributed by atoms with Gasteiger partial charge in [-0.15, -0.1) is 18.3 Å². The van der Waals surface area contributed by atoms with Crippen molar-refractivity contribution >= 4 is 39.2 Å². The van der Waals surface area contributed by atoms with Crippen molar-refractivity contribution in [2.45, 2.75) is 30.5 Å². The molecule has 1 amide bonds. The molecule has 0 aliphatic rings. The second kappa shape index (κ2) is 9.33. The summed E-state index contributed by atoms with van der Waals surface area (Å²) in [6.45, 7) is 8.62. The van der Waals surface area contributed by atoms with Gasteiger partial charge in [-0.05, 0) is 18.2 Å². The Morgan fingerprint density at radius 2 is 1.97 bits per heavy atom. The average Bonchev–Trinajstić information content (AvgIpc) is 3.02. The number of fused-ring (bicyclic) bond motifs is 1. The lowest BCUT2D eigenvalue weighted by Gasteiger charge is -2.08. The van der Waals surface area contributed by atoms with Crippen LogP contribution in [0.5, 0.6) is 11.5 Å². The van der Waals surface area contributed by atoms with Gasteiger partial charge in [0.25, 0.3) is 5.91 Å². The predicted octanol–water partition coefficient (Wildman–Crippen LogP) is 5.15. The van der Waals surface area contributed by atoms with Crippen LogP contribution < -0.4 is 14.3 Å². The molecule has 29 heavy (non-hydrogen) atoms. The van der Waals surface area contributed by atoms with Crippen LogP contribution in [-0.4, -0.2) is 29.9 Å². The van der Waals surface area contributed by atoms with E-state index in [1.807, 2.05) is 34.9 Å². The van der Waals surface area contributed by atoms with Crippen molar-refractivity contribution in [2.24, 2.45) is 4.99 Å². The van der Waals surface area contributed by atoms with Crippen molar-refractivity contribution in [2.75, 3.05) is 14.2 Å². The van der Waals surface area contributed by atoms with E-state index in [0.717, 1.165) is 15.1 Å². The zero-order valence-corrected chi connectivity index (χ0v) is 18.6. The maximum absolute atomic E-state index is 12.9. The number of ether oxygens (including phenoxy) is 2. The number of rotatable bonds is 7. The van der Waals surface area contributed by atoms with E-state index in [1.165, 1.54) is 11.3 Å². The summed E-state index contributed by atoms with van der Waals surface area (Å²) in [7, 11) is 3.21. The van der Waals surface area contributed by atoms with Gasteiger partial charge in [-0.3, -0.25) is 4.79 Å². The topological polar surface area (TPSA) is 52.8 Å². The van der Waals surface area contributed by atoms with E-state index in [-0.39, 0.29) is 5.91 Å². The van der Waals surface area contributed by atoms with E-state index in [9.17, 15) is 4.79 Å². The minimum absolute atomic E-state index is 0.264. The highest BCUT2D eigenvalue weighted by Crippen LogP contribution is 2.33. The first kappa shape index (κ1) is 21.2. The van der Waals surface area contributed by atoms with E-state index in [4.69, 9.17) is 9.47 Å². The highest BCUT2D eigenvalue weighted by Gasteiger charge is 2.13. The Hall–Kier alpha value is -2.51. The molecule has 0 aliphatic heterocycles. The number of carbonyl (C=O) groups is 1. The number of hydrogen-bond acceptors (Lipinski definition) is 5. The number of amides is 1. The Balaban J connectivity index is 2.10. The van der Waals surface area contributed by atoms with Crippen molar-refractivity contribution in [3.63, 3.8) is 0 Å². The van der Waals surface area contributed by atoms with Crippen LogP contribution in [-0.2, 0) is 6.54 Å². The normalized spacial score (nSPS) is 11.8. The van der Waals surface area contributed by atoms with Crippen LogP contribution in [0.2, 0.25) is 0 Å². The quantitative estimate of drug-likeness (QED) is 0.386. The first-order valence-corrected chi connectivity index (χ1v) is 10.9. The van der Waals surface area contributed by atoms with Crippen LogP contribution in [0.4, 0.5) is 0 Å². The smallest absolute Gasteiger partial charge is 0.279 e. The summed E-state index contributed by atoms with van der Waals surface area (Å²) in [4.78, 5) is 19.0. The Morgan fingerprint density at radius 1 is 1.24 bits per heavy atom. The molecule has 3 rings (SSSR count). The number of methoxy groups -OCH3 is 2. The molecule has 7 heteroatoms. The molecule has 0 aliphatic carbocycles. The number of nitrogens with zero attached hydrogens (tertiary/aromatic N) is 2. The maximum Gasteiger partial charge on any atom is 0.279 e. The van der Waals surface area contributed by atoms with E-state index in [1.54, 1.807) is 38.1 Å². The summed E-state index contributed by atoms with van der Waals surface area (Å²) in [5.74, 6) is 1.01. The molecule has 0 unspecified atom stereocenters. The molecule has 2 aromatic carbocycles. The zero-order valence-electron chi connectivity index (χ0n) is 17.0. The summed E-state index contributed by atoms with van der Waals surface area (Å²) in [5, 5.41) is 0.444. The van der Waals surface area contributed by atoms with Crippen molar-refractivity contribution in [3.8, 4) is 11.5 Å². The first-order valence-electron chi connectivity index (χ1n) is 9.18. The number of carbonyl (C=O) groups excluding carboxylic acids is 1. The number of aromatic nitrogens is 1. The molecule has 0 saturated carbocycles. The van der Waals surface area contributed by atoms with Gasteiger partial charge in [0.2, 0.25) is 0 Å². The second-order valence-electron chi connectivity index (χ2n) is 6.57. The van der Waals surface area contributed by atoms with Gasteiger partial charge in [0.1, 0.15) is 0 Å². The fraction of sp³-hybridized carbons (Fsp3) is 0.273. The molecule has 0 fully saturated rings. The number of hydrogen-bond donors (Lipinski definition) is 0. The van der Waals surface area contributed by atoms with Gasteiger partial charge < -0.3 is 14.0 Å². The molecule has 0 radical (unpaired) electrons. The maximum atomic E-state index is 12.9. The van der Waals surface area contributed by atoms with E-state index in [0.29, 0.717) is 33.7 Å². The van der Waals surface area contributed by atoms with Gasteiger partial charge in [-0.2, -0.15) is 4.99 Å². The second-order valence-corrected chi connectivity index (χ2v) is 9.23. The Kier molecular flexibility index (Phi) is 6.82. The molecule has 3 aromatic rings. The molecule has 0 N–H and O–H groups in total. The van der Waals surface area contributed by atoms with Gasteiger partial charge in [-0.25, -0.2) is 0 Å². The third kappa shape index (κ3) is 4.74. The minimum Gasteiger partial charge on any atom is -0.493 e. The first-order chi connectivity index (χ1) is 14.0. The highest BCUT2D eigenvalue weighted by molar-refractivity contribution is 7.99. The van der Waals surface area contributed by atoms with Crippen LogP contribution in [0, 0.1) is 0 Å². The Bertz CT molecular complexity index is 1110. The lowest BCUT2D eigenvalue weighted by molar-refractivity contribution is 0.0997. The molecular formula is C22H24N2O3S2. The monoisotopic (exact) mass is 428 g/mol. The summed E-state index contributed by atoms with van der Waals surface area (Å²) >= 11 is 3.16. The minimum atomic E-state index is -0.264. The molecule has 0 spiro atoms. The van der Waals surface area contributed by atoms with Gasteiger partial charge in [0, 0.05) is 34.4 Å². The van der Waals surface area contributed by atoms with Crippen molar-refractivity contribution < 1.29 is 14.3 Å². The number of allylic oxidation sites excluding steroid dienone is 1. The fourth-order valence-corrected chi connectivity index (χ4v) is 4.86. The van der Waals surface area contributed by atoms with Gasteiger partial charge >= 0.3 is 0 Å². The molecule has 5 nitrogen and oxygen atoms in total. The third-order valence-corrected chi connectivity index (χ3v) is 6.19. The van der Waals surface area contributed by atoms with Crippen LogP contribution >= 0.6 is 23.1 Å². The fourth-order valence-electron chi connectivity index (χ4n) is 2.91. The zero-order chi connectivity index (χ0) is 21.0. The van der Waals surface area contributed by atoms with Gasteiger partial charge in [-0.1, -0.05) is 37.3 Å². The molecule has 1 aromatic heterocycles. The van der Waals surface area contributed by atoms with Crippen LogP contribution in [0.1, 0.15) is 24.2 Å². The van der Waals surface area contributed by atoms with Crippen molar-refractivity contribution in [3.05, 3.63) is 59.4 Å². The standard InChI is InChI=1S/C22H24N2O3S2/c1-6-10-24-17-12-18(26-4)19(27-5)13-20(17)29-22(24)23-21(25)15-8-7-9-16(11-15)28-14(2)3/h6-9,11-14H,1,10H2,2-5H3. The summed E-state index contributed by atoms with van der Waals surface area (Å²) < 4.78 is 13.7. The molecule has 152 valence electrons. The van der Waals surface area contributed by atoms with Gasteiger partial charge in [0.15, 0.2) is 16.3 Å². The largest absolute Gasteiger partial charge is 0.493 e. The highest BCUT2D eigenvalue weighted by atomic mass is 32.2. The summed E-state index contributed by atoms with van der Waals surface area (Å²) in [6, 6.07) is 11.4. The summed E-state index contributed by atoms with van der Waals surface area (Å²) in [5.41, 5.74) is 1.50. The van der Waals surface area contributed by atoms with E-state index < -0.39 is 0 Å². The molecule has 0 saturated heterocycles. The van der Waals surface area contributed by atoms with E-state index in [2.05, 4.69) is 25.4 Å². The van der Waals surface area contributed by atoms with Gasteiger partial charge in [0.05, 0.1) is 24.4 Å². The SMILES string of the molecule is C=CCn1c(=NC(=O)c2cccc(SC(C)C)c2)sc2cc(OC)c(OC)cc21. The molecule has 0 atom stereocenters. The lowest BCUT2D eigenvalue weighted by Crippen LogP contribution is -2.16. The van der Waals surface area contributed by atoms with Crippen molar-refractivity contribution in [1.29, 1.82) is 0 Å². The Labute approximate surface area is 178 Å². The number of benzene rings is 2. The van der Waals surface area contributed by atoms with Crippen LogP contribution in [0.15, 0.2) is 58.9 Å². The predicted molar refractivity (Wildman–Crippen MR) is 120 cm³/mol. The third-order valence-electron chi connectivity index (χ3n) is 4.15. The molecular weight excluding hydrogens is 404 g/mol.